The molecule has 0 N–H and O–H groups in total. The van der Waals surface area contributed by atoms with E-state index >= 15 is 0 Å². The summed E-state index contributed by atoms with van der Waals surface area (Å²) in [6.45, 7) is 10.4. The van der Waals surface area contributed by atoms with Crippen molar-refractivity contribution in [2.45, 2.75) is 71.8 Å². The maximum absolute atomic E-state index is 13.5. The third-order valence-electron chi connectivity index (χ3n) is 5.39. The van der Waals surface area contributed by atoms with Gasteiger partial charge in [0.05, 0.1) is 6.04 Å². The van der Waals surface area contributed by atoms with E-state index in [9.17, 15) is 14.4 Å². The molecule has 0 bridgehead atoms. The van der Waals surface area contributed by atoms with Gasteiger partial charge in [-0.25, -0.2) is 24.4 Å². The van der Waals surface area contributed by atoms with Gasteiger partial charge in [-0.1, -0.05) is 67.6 Å². The molecule has 2 amide bonds. The molecule has 0 aromatic heterocycles. The van der Waals surface area contributed by atoms with Gasteiger partial charge in [-0.2, -0.15) is 0 Å². The van der Waals surface area contributed by atoms with Crippen molar-refractivity contribution in [3.8, 4) is 0 Å². The predicted molar refractivity (Wildman–Crippen MR) is 132 cm³/mol. The zero-order valence-corrected chi connectivity index (χ0v) is 21.6. The summed E-state index contributed by atoms with van der Waals surface area (Å²) in [7, 11) is 1.43. The number of carbonyl (C=O) groups excluding carboxylic acids is 3. The third-order valence-corrected chi connectivity index (χ3v) is 5.39. The van der Waals surface area contributed by atoms with Crippen molar-refractivity contribution in [3.05, 3.63) is 71.8 Å². The van der Waals surface area contributed by atoms with Gasteiger partial charge in [0.15, 0.2) is 0 Å². The highest BCUT2D eigenvalue weighted by Gasteiger charge is 2.44. The lowest BCUT2D eigenvalue weighted by Crippen LogP contribution is -2.55. The van der Waals surface area contributed by atoms with Crippen LogP contribution in [0.3, 0.4) is 0 Å². The van der Waals surface area contributed by atoms with Crippen LogP contribution in [-0.2, 0) is 31.2 Å². The summed E-state index contributed by atoms with van der Waals surface area (Å²) in [5, 5.41) is 2.22. The van der Waals surface area contributed by atoms with E-state index in [0.29, 0.717) is 12.0 Å². The minimum absolute atomic E-state index is 0.0204. The van der Waals surface area contributed by atoms with Gasteiger partial charge in [0.25, 0.3) is 0 Å². The molecule has 2 aromatic rings. The minimum Gasteiger partial charge on any atom is -0.458 e. The first-order chi connectivity index (χ1) is 16.4. The Labute approximate surface area is 207 Å². The van der Waals surface area contributed by atoms with E-state index in [2.05, 4.69) is 0 Å². The number of esters is 1. The predicted octanol–water partition coefficient (Wildman–Crippen LogP) is 5.66. The van der Waals surface area contributed by atoms with Crippen LogP contribution < -0.4 is 0 Å². The van der Waals surface area contributed by atoms with Crippen molar-refractivity contribution in [2.24, 2.45) is 0 Å². The highest BCUT2D eigenvalue weighted by molar-refractivity contribution is 5.84. The van der Waals surface area contributed by atoms with Crippen LogP contribution in [0.25, 0.3) is 0 Å². The van der Waals surface area contributed by atoms with Crippen molar-refractivity contribution in [1.82, 2.24) is 10.0 Å². The van der Waals surface area contributed by atoms with Crippen LogP contribution in [0.4, 0.5) is 9.59 Å². The normalized spacial score (nSPS) is 13.7. The first-order valence-corrected chi connectivity index (χ1v) is 11.6. The zero-order valence-electron chi connectivity index (χ0n) is 21.6. The average molecular weight is 485 g/mol. The SMILES string of the molecule is CCC(C)N(C(=O)OC(C)(C(=O)OCc1ccccc1)c1ccccc1)N(C)C(=O)OC(C)(C)C. The summed E-state index contributed by atoms with van der Waals surface area (Å²) < 4.78 is 16.8. The molecule has 0 aliphatic rings. The summed E-state index contributed by atoms with van der Waals surface area (Å²) in [4.78, 5) is 39.5. The number of nitrogens with zero attached hydrogens (tertiary/aromatic N) is 2. The van der Waals surface area contributed by atoms with Crippen molar-refractivity contribution >= 4 is 18.2 Å². The first-order valence-electron chi connectivity index (χ1n) is 11.6. The molecular formula is C27H36N2O6. The van der Waals surface area contributed by atoms with E-state index in [0.717, 1.165) is 15.6 Å². The molecule has 0 radical (unpaired) electrons. The topological polar surface area (TPSA) is 85.4 Å². The fourth-order valence-corrected chi connectivity index (χ4v) is 3.24. The second-order valence-electron chi connectivity index (χ2n) is 9.43. The van der Waals surface area contributed by atoms with Gasteiger partial charge >= 0.3 is 18.2 Å². The highest BCUT2D eigenvalue weighted by atomic mass is 16.6. The second kappa shape index (κ2) is 11.7. The maximum Gasteiger partial charge on any atom is 0.430 e. The van der Waals surface area contributed by atoms with Crippen LogP contribution in [0, 0.1) is 0 Å². The van der Waals surface area contributed by atoms with Gasteiger partial charge in [-0.05, 0) is 46.6 Å². The largest absolute Gasteiger partial charge is 0.458 e. The summed E-state index contributed by atoms with van der Waals surface area (Å²) in [6.07, 6.45) is -1.07. The Bertz CT molecular complexity index is 990. The molecule has 2 atom stereocenters. The van der Waals surface area contributed by atoms with E-state index in [1.807, 2.05) is 37.3 Å². The molecule has 2 rings (SSSR count). The average Bonchev–Trinajstić information content (AvgIpc) is 2.82. The zero-order chi connectivity index (χ0) is 26.2. The summed E-state index contributed by atoms with van der Waals surface area (Å²) in [5.41, 5.74) is -1.27. The Morgan fingerprint density at radius 3 is 1.91 bits per heavy atom. The molecule has 35 heavy (non-hydrogen) atoms. The van der Waals surface area contributed by atoms with Gasteiger partial charge in [-0.15, -0.1) is 0 Å². The van der Waals surface area contributed by atoms with E-state index in [-0.39, 0.29) is 6.61 Å². The molecule has 0 spiro atoms. The minimum atomic E-state index is -1.76. The number of ether oxygens (including phenoxy) is 3. The number of carbonyl (C=O) groups is 3. The monoisotopic (exact) mass is 484 g/mol. The van der Waals surface area contributed by atoms with Gasteiger partial charge in [-0.3, -0.25) is 0 Å². The van der Waals surface area contributed by atoms with Crippen molar-refractivity contribution in [2.75, 3.05) is 7.05 Å². The molecular weight excluding hydrogens is 448 g/mol. The molecule has 8 nitrogen and oxygen atoms in total. The molecule has 0 aliphatic heterocycles. The molecule has 0 fully saturated rings. The molecule has 0 saturated heterocycles. The quantitative estimate of drug-likeness (QED) is 0.286. The van der Waals surface area contributed by atoms with Crippen LogP contribution in [0.15, 0.2) is 60.7 Å². The van der Waals surface area contributed by atoms with E-state index in [1.54, 1.807) is 58.0 Å². The van der Waals surface area contributed by atoms with E-state index < -0.39 is 35.4 Å². The molecule has 2 aromatic carbocycles. The first kappa shape index (κ1) is 27.7. The van der Waals surface area contributed by atoms with Crippen molar-refractivity contribution in [3.63, 3.8) is 0 Å². The third kappa shape index (κ3) is 7.47. The van der Waals surface area contributed by atoms with Gasteiger partial charge in [0.1, 0.15) is 12.2 Å². The fraction of sp³-hybridized carbons (Fsp3) is 0.444. The molecule has 0 heterocycles. The Balaban J connectivity index is 2.34. The summed E-state index contributed by atoms with van der Waals surface area (Å²) >= 11 is 0. The van der Waals surface area contributed by atoms with Crippen LogP contribution in [-0.4, -0.2) is 46.9 Å². The van der Waals surface area contributed by atoms with Gasteiger partial charge in [0, 0.05) is 12.6 Å². The van der Waals surface area contributed by atoms with Crippen molar-refractivity contribution in [1.29, 1.82) is 0 Å². The smallest absolute Gasteiger partial charge is 0.430 e. The lowest BCUT2D eigenvalue weighted by molar-refractivity contribution is -0.169. The Kier molecular flexibility index (Phi) is 9.28. The maximum atomic E-state index is 13.5. The lowest BCUT2D eigenvalue weighted by Gasteiger charge is -2.38. The lowest BCUT2D eigenvalue weighted by atomic mass is 9.96. The Morgan fingerprint density at radius 1 is 0.857 bits per heavy atom. The van der Waals surface area contributed by atoms with Crippen LogP contribution in [0.5, 0.6) is 0 Å². The molecule has 0 saturated carbocycles. The van der Waals surface area contributed by atoms with Gasteiger partial charge < -0.3 is 14.2 Å². The van der Waals surface area contributed by atoms with Crippen LogP contribution in [0.1, 0.15) is 59.1 Å². The number of benzene rings is 2. The fourth-order valence-electron chi connectivity index (χ4n) is 3.24. The number of hydrogen-bond donors (Lipinski definition) is 0. The molecule has 0 aliphatic carbocycles. The van der Waals surface area contributed by atoms with E-state index in [1.165, 1.54) is 14.0 Å². The second-order valence-corrected chi connectivity index (χ2v) is 9.43. The van der Waals surface area contributed by atoms with Crippen LogP contribution >= 0.6 is 0 Å². The molecule has 190 valence electrons. The highest BCUT2D eigenvalue weighted by Crippen LogP contribution is 2.29. The Morgan fingerprint density at radius 2 is 1.40 bits per heavy atom. The number of hydrogen-bond acceptors (Lipinski definition) is 6. The van der Waals surface area contributed by atoms with Crippen molar-refractivity contribution < 1.29 is 28.6 Å². The van der Waals surface area contributed by atoms with Crippen LogP contribution in [0.2, 0.25) is 0 Å². The van der Waals surface area contributed by atoms with Gasteiger partial charge in [0.2, 0.25) is 5.60 Å². The summed E-state index contributed by atoms with van der Waals surface area (Å²) in [6, 6.07) is 17.4. The number of hydrazine groups is 1. The molecule has 2 unspecified atom stereocenters. The van der Waals surface area contributed by atoms with E-state index in [4.69, 9.17) is 14.2 Å². The number of amides is 2. The number of rotatable bonds is 7. The Hall–Kier alpha value is -3.55. The summed E-state index contributed by atoms with van der Waals surface area (Å²) in [5.74, 6) is -0.732. The molecule has 8 heteroatoms. The standard InChI is InChI=1S/C27H36N2O6/c1-8-20(2)29(28(7)24(31)34-26(3,4)5)25(32)35-27(6,22-17-13-10-14-18-22)23(30)33-19-21-15-11-9-12-16-21/h9-18,20H,8,19H2,1-7H3.